The van der Waals surface area contributed by atoms with Gasteiger partial charge in [-0.25, -0.2) is 9.59 Å². The molecule has 12 nitrogen and oxygen atoms in total. The number of fused-ring (bicyclic) bond motifs is 1. The Morgan fingerprint density at radius 1 is 1.18 bits per heavy atom. The highest BCUT2D eigenvalue weighted by Gasteiger charge is 2.49. The normalized spacial score (nSPS) is 36.3. The standard InChI is InChI=1S/C26H38O12/c1-4-15-16-10-19(36-23(32)14(3)7-5-6-13(2)8-9-27)37-24(33)17(16)12-34-25(15)38-26-22(31)21(30)20(29)18(11-28)35-26/h4,7,12-13,15-16,18-22,25-31H,1,5-6,8-11H2,2-3H3/b14-7+/t13?,15-,16+,18-,19?,20-,21+,22-,25+,26+/m1/s1. The van der Waals surface area contributed by atoms with Crippen LogP contribution in [0, 0.1) is 17.8 Å². The van der Waals surface area contributed by atoms with E-state index in [0.717, 1.165) is 6.42 Å². The first kappa shape index (κ1) is 30.2. The summed E-state index contributed by atoms with van der Waals surface area (Å²) in [4.78, 5) is 25.2. The molecular weight excluding hydrogens is 504 g/mol. The van der Waals surface area contributed by atoms with Crippen LogP contribution >= 0.6 is 0 Å². The van der Waals surface area contributed by atoms with Crippen molar-refractivity contribution in [2.24, 2.45) is 17.8 Å². The third-order valence-corrected chi connectivity index (χ3v) is 7.11. The van der Waals surface area contributed by atoms with Crippen molar-refractivity contribution >= 4 is 11.9 Å². The average molecular weight is 543 g/mol. The number of carbonyl (C=O) groups is 2. The van der Waals surface area contributed by atoms with Crippen molar-refractivity contribution in [1.29, 1.82) is 0 Å². The van der Waals surface area contributed by atoms with Gasteiger partial charge in [-0.2, -0.15) is 0 Å². The maximum Gasteiger partial charge on any atom is 0.340 e. The molecule has 3 aliphatic heterocycles. The van der Waals surface area contributed by atoms with E-state index in [1.807, 2.05) is 6.92 Å². The van der Waals surface area contributed by atoms with Gasteiger partial charge in [0.15, 0.2) is 6.29 Å². The molecule has 3 heterocycles. The second-order valence-corrected chi connectivity index (χ2v) is 9.89. The number of allylic oxidation sites excluding steroid dienone is 1. The van der Waals surface area contributed by atoms with Crippen LogP contribution in [0.5, 0.6) is 0 Å². The molecule has 0 aromatic heterocycles. The van der Waals surface area contributed by atoms with Crippen molar-refractivity contribution in [3.05, 3.63) is 36.1 Å². The molecule has 0 radical (unpaired) electrons. The number of ether oxygens (including phenoxy) is 5. The molecular formula is C26H38O12. The van der Waals surface area contributed by atoms with E-state index in [9.17, 15) is 30.0 Å². The second kappa shape index (κ2) is 13.7. The fourth-order valence-electron chi connectivity index (χ4n) is 4.67. The van der Waals surface area contributed by atoms with Crippen LogP contribution in [0.2, 0.25) is 0 Å². The topological polar surface area (TPSA) is 181 Å². The van der Waals surface area contributed by atoms with E-state index in [0.29, 0.717) is 24.3 Å². The summed E-state index contributed by atoms with van der Waals surface area (Å²) in [7, 11) is 0. The summed E-state index contributed by atoms with van der Waals surface area (Å²) in [6.07, 6.45) is -3.11. The van der Waals surface area contributed by atoms with Gasteiger partial charge in [-0.05, 0) is 32.1 Å². The molecule has 38 heavy (non-hydrogen) atoms. The number of carbonyl (C=O) groups excluding carboxylic acids is 2. The summed E-state index contributed by atoms with van der Waals surface area (Å²) in [6, 6.07) is 0. The molecule has 2 unspecified atom stereocenters. The highest BCUT2D eigenvalue weighted by atomic mass is 16.8. The first-order chi connectivity index (χ1) is 18.1. The lowest BCUT2D eigenvalue weighted by molar-refractivity contribution is -0.340. The SMILES string of the molecule is C=C[C@H]1[C@H](O[C@@H]2O[C@H](CO)[C@@H](O)[C@H](O)[C@H]2O)OC=C2C(=O)OC(OC(=O)/C(C)=C/CCC(C)CCO)C[C@H]21. The van der Waals surface area contributed by atoms with Gasteiger partial charge in [0.2, 0.25) is 12.6 Å². The van der Waals surface area contributed by atoms with E-state index >= 15 is 0 Å². The zero-order valence-electron chi connectivity index (χ0n) is 21.5. The molecule has 3 aliphatic rings. The maximum atomic E-state index is 12.6. The van der Waals surface area contributed by atoms with Gasteiger partial charge in [0.05, 0.1) is 18.4 Å². The quantitative estimate of drug-likeness (QED) is 0.134. The Bertz CT molecular complexity index is 899. The fraction of sp³-hybridized carbons (Fsp3) is 0.692. The van der Waals surface area contributed by atoms with E-state index < -0.39 is 73.7 Å². The summed E-state index contributed by atoms with van der Waals surface area (Å²) >= 11 is 0. The van der Waals surface area contributed by atoms with Gasteiger partial charge in [-0.15, -0.1) is 6.58 Å². The predicted octanol–water partition coefficient (Wildman–Crippen LogP) is 0.0227. The molecule has 2 saturated heterocycles. The Morgan fingerprint density at radius 3 is 2.58 bits per heavy atom. The van der Waals surface area contributed by atoms with Crippen LogP contribution in [0.15, 0.2) is 36.1 Å². The molecule has 0 saturated carbocycles. The van der Waals surface area contributed by atoms with Crippen LogP contribution in [0.25, 0.3) is 0 Å². The van der Waals surface area contributed by atoms with Crippen LogP contribution in [-0.4, -0.2) is 94.0 Å². The summed E-state index contributed by atoms with van der Waals surface area (Å²) in [5, 5.41) is 48.8. The van der Waals surface area contributed by atoms with Gasteiger partial charge in [-0.1, -0.05) is 19.1 Å². The van der Waals surface area contributed by atoms with E-state index in [-0.39, 0.29) is 18.6 Å². The third-order valence-electron chi connectivity index (χ3n) is 7.11. The van der Waals surface area contributed by atoms with Crippen LogP contribution in [-0.2, 0) is 33.3 Å². The molecule has 0 aromatic rings. The number of aliphatic hydroxyl groups excluding tert-OH is 5. The van der Waals surface area contributed by atoms with Crippen LogP contribution in [0.4, 0.5) is 0 Å². The number of aliphatic hydroxyl groups is 5. The lowest BCUT2D eigenvalue weighted by Crippen LogP contribution is -2.60. The first-order valence-electron chi connectivity index (χ1n) is 12.7. The Kier molecular flexibility index (Phi) is 10.9. The van der Waals surface area contributed by atoms with E-state index in [2.05, 4.69) is 6.58 Å². The van der Waals surface area contributed by atoms with Gasteiger partial charge in [0.25, 0.3) is 0 Å². The fourth-order valence-corrected chi connectivity index (χ4v) is 4.67. The Morgan fingerprint density at radius 2 is 1.92 bits per heavy atom. The minimum absolute atomic E-state index is 0.0959. The van der Waals surface area contributed by atoms with Crippen molar-refractivity contribution < 1.29 is 58.8 Å². The summed E-state index contributed by atoms with van der Waals surface area (Å²) < 4.78 is 27.4. The minimum atomic E-state index is -1.64. The van der Waals surface area contributed by atoms with Crippen molar-refractivity contribution in [2.45, 2.75) is 82.8 Å². The van der Waals surface area contributed by atoms with Crippen LogP contribution < -0.4 is 0 Å². The van der Waals surface area contributed by atoms with Crippen LogP contribution in [0.3, 0.4) is 0 Å². The first-order valence-corrected chi connectivity index (χ1v) is 12.7. The zero-order chi connectivity index (χ0) is 28.0. The van der Waals surface area contributed by atoms with Gasteiger partial charge >= 0.3 is 11.9 Å². The molecule has 0 bridgehead atoms. The molecule has 0 aromatic carbocycles. The van der Waals surface area contributed by atoms with E-state index in [4.69, 9.17) is 28.8 Å². The van der Waals surface area contributed by atoms with Crippen molar-refractivity contribution in [3.63, 3.8) is 0 Å². The lowest BCUT2D eigenvalue weighted by atomic mass is 9.80. The molecule has 2 fully saturated rings. The smallest absolute Gasteiger partial charge is 0.340 e. The van der Waals surface area contributed by atoms with Gasteiger partial charge in [-0.3, -0.25) is 0 Å². The molecule has 0 amide bonds. The Labute approximate surface area is 221 Å². The molecule has 12 heteroatoms. The summed E-state index contributed by atoms with van der Waals surface area (Å²) in [5.74, 6) is -2.27. The van der Waals surface area contributed by atoms with E-state index in [1.54, 1.807) is 13.0 Å². The largest absolute Gasteiger partial charge is 0.471 e. The van der Waals surface area contributed by atoms with Gasteiger partial charge in [0.1, 0.15) is 24.4 Å². The minimum Gasteiger partial charge on any atom is -0.471 e. The van der Waals surface area contributed by atoms with Crippen molar-refractivity contribution in [1.82, 2.24) is 0 Å². The van der Waals surface area contributed by atoms with Crippen molar-refractivity contribution in [3.8, 4) is 0 Å². The number of cyclic esters (lactones) is 1. The molecule has 5 N–H and O–H groups in total. The highest BCUT2D eigenvalue weighted by molar-refractivity contribution is 5.91. The Hall–Kier alpha value is -2.32. The highest BCUT2D eigenvalue weighted by Crippen LogP contribution is 2.40. The molecule has 3 rings (SSSR count). The van der Waals surface area contributed by atoms with Gasteiger partial charge < -0.3 is 49.2 Å². The zero-order valence-corrected chi connectivity index (χ0v) is 21.5. The Balaban J connectivity index is 1.65. The molecule has 10 atom stereocenters. The number of rotatable bonds is 11. The second-order valence-electron chi connectivity index (χ2n) is 9.89. The number of hydrogen-bond acceptors (Lipinski definition) is 12. The molecule has 0 spiro atoms. The number of esters is 2. The maximum absolute atomic E-state index is 12.6. The van der Waals surface area contributed by atoms with Gasteiger partial charge in [0, 0.05) is 30.4 Å². The van der Waals surface area contributed by atoms with E-state index in [1.165, 1.54) is 12.3 Å². The monoisotopic (exact) mass is 542 g/mol. The summed E-state index contributed by atoms with van der Waals surface area (Å²) in [5.41, 5.74) is 0.565. The van der Waals surface area contributed by atoms with Crippen LogP contribution in [0.1, 0.15) is 39.5 Å². The third kappa shape index (κ3) is 7.00. The summed E-state index contributed by atoms with van der Waals surface area (Å²) in [6.45, 7) is 6.91. The lowest BCUT2D eigenvalue weighted by Gasteiger charge is -2.44. The number of hydrogen-bond donors (Lipinski definition) is 5. The molecule has 214 valence electrons. The van der Waals surface area contributed by atoms with Crippen molar-refractivity contribution in [2.75, 3.05) is 13.2 Å². The predicted molar refractivity (Wildman–Crippen MR) is 129 cm³/mol. The molecule has 0 aliphatic carbocycles. The average Bonchev–Trinajstić information content (AvgIpc) is 2.88.